The highest BCUT2D eigenvalue weighted by atomic mass is 35.5. The first kappa shape index (κ1) is 10.7. The summed E-state index contributed by atoms with van der Waals surface area (Å²) in [6.45, 7) is 2.89. The molecule has 80 valence electrons. The van der Waals surface area contributed by atoms with E-state index in [4.69, 9.17) is 16.3 Å². The second-order valence-corrected chi connectivity index (χ2v) is 4.05. The van der Waals surface area contributed by atoms with Crippen LogP contribution in [0.1, 0.15) is 31.4 Å². The Morgan fingerprint density at radius 2 is 2.40 bits per heavy atom. The Hall–Kier alpha value is -0.860. The normalized spacial score (nSPS) is 21.2. The van der Waals surface area contributed by atoms with Crippen molar-refractivity contribution < 1.29 is 4.74 Å². The molecule has 0 saturated heterocycles. The first-order valence-electron chi connectivity index (χ1n) is 5.20. The van der Waals surface area contributed by atoms with E-state index in [0.29, 0.717) is 5.15 Å². The number of ether oxygens (including phenoxy) is 1. The molecular weight excluding hydrogens is 210 g/mol. The summed E-state index contributed by atoms with van der Waals surface area (Å²) in [7, 11) is 0. The zero-order chi connectivity index (χ0) is 10.7. The van der Waals surface area contributed by atoms with Crippen molar-refractivity contribution in [1.82, 2.24) is 4.98 Å². The largest absolute Gasteiger partial charge is 0.369 e. The van der Waals surface area contributed by atoms with Gasteiger partial charge in [0.15, 0.2) is 0 Å². The van der Waals surface area contributed by atoms with Crippen LogP contribution >= 0.6 is 11.6 Å². The van der Waals surface area contributed by atoms with Crippen LogP contribution < -0.4 is 0 Å². The number of pyridine rings is 1. The minimum atomic E-state index is 0.144. The molecule has 0 bridgehead atoms. The SMILES string of the molecule is CCC1=CCC(c2ccc(Cl)nc2)OC1. The van der Waals surface area contributed by atoms with E-state index in [2.05, 4.69) is 18.0 Å². The summed E-state index contributed by atoms with van der Waals surface area (Å²) in [6, 6.07) is 3.78. The van der Waals surface area contributed by atoms with Gasteiger partial charge >= 0.3 is 0 Å². The Bertz CT molecular complexity index is 358. The molecule has 2 rings (SSSR count). The number of nitrogens with zero attached hydrogens (tertiary/aromatic N) is 1. The van der Waals surface area contributed by atoms with Gasteiger partial charge in [-0.05, 0) is 30.0 Å². The van der Waals surface area contributed by atoms with Crippen LogP contribution in [0.4, 0.5) is 0 Å². The molecule has 0 aromatic carbocycles. The monoisotopic (exact) mass is 223 g/mol. The van der Waals surface area contributed by atoms with Crippen LogP contribution in [0, 0.1) is 0 Å². The zero-order valence-electron chi connectivity index (χ0n) is 8.74. The number of aromatic nitrogens is 1. The van der Waals surface area contributed by atoms with Crippen molar-refractivity contribution in [2.75, 3.05) is 6.61 Å². The van der Waals surface area contributed by atoms with Gasteiger partial charge in [0.05, 0.1) is 12.7 Å². The summed E-state index contributed by atoms with van der Waals surface area (Å²) < 4.78 is 5.76. The molecule has 1 unspecified atom stereocenters. The summed E-state index contributed by atoms with van der Waals surface area (Å²) in [5.74, 6) is 0. The molecule has 1 atom stereocenters. The van der Waals surface area contributed by atoms with Crippen LogP contribution in [-0.4, -0.2) is 11.6 Å². The Morgan fingerprint density at radius 3 is 2.93 bits per heavy atom. The molecule has 0 aliphatic carbocycles. The molecule has 15 heavy (non-hydrogen) atoms. The van der Waals surface area contributed by atoms with Gasteiger partial charge in [-0.25, -0.2) is 4.98 Å². The number of hydrogen-bond acceptors (Lipinski definition) is 2. The topological polar surface area (TPSA) is 22.1 Å². The maximum Gasteiger partial charge on any atom is 0.129 e. The first-order chi connectivity index (χ1) is 7.29. The Kier molecular flexibility index (Phi) is 3.39. The molecule has 1 aliphatic heterocycles. The molecule has 0 spiro atoms. The molecule has 1 aliphatic rings. The smallest absolute Gasteiger partial charge is 0.129 e. The summed E-state index contributed by atoms with van der Waals surface area (Å²) >= 11 is 5.73. The van der Waals surface area contributed by atoms with Crippen molar-refractivity contribution in [3.05, 3.63) is 40.7 Å². The molecule has 0 radical (unpaired) electrons. The fourth-order valence-electron chi connectivity index (χ4n) is 1.66. The molecule has 0 N–H and O–H groups in total. The van der Waals surface area contributed by atoms with Gasteiger partial charge in [0.25, 0.3) is 0 Å². The maximum absolute atomic E-state index is 5.76. The van der Waals surface area contributed by atoms with Crippen LogP contribution in [0.5, 0.6) is 0 Å². The van der Waals surface area contributed by atoms with Gasteiger partial charge in [-0.3, -0.25) is 0 Å². The lowest BCUT2D eigenvalue weighted by Gasteiger charge is -2.22. The van der Waals surface area contributed by atoms with Crippen molar-refractivity contribution >= 4 is 11.6 Å². The lowest BCUT2D eigenvalue weighted by molar-refractivity contribution is 0.0600. The van der Waals surface area contributed by atoms with Crippen molar-refractivity contribution in [2.45, 2.75) is 25.9 Å². The summed E-state index contributed by atoms with van der Waals surface area (Å²) in [6.07, 6.45) is 6.21. The van der Waals surface area contributed by atoms with Crippen LogP contribution in [-0.2, 0) is 4.74 Å². The highest BCUT2D eigenvalue weighted by Gasteiger charge is 2.15. The standard InChI is InChI=1S/C12H14ClNO/c1-2-9-3-5-11(15-8-9)10-4-6-12(13)14-7-10/h3-4,6-7,11H,2,5,8H2,1H3. The van der Waals surface area contributed by atoms with E-state index in [9.17, 15) is 0 Å². The van der Waals surface area contributed by atoms with Crippen LogP contribution in [0.2, 0.25) is 5.15 Å². The predicted molar refractivity (Wildman–Crippen MR) is 60.9 cm³/mol. The highest BCUT2D eigenvalue weighted by molar-refractivity contribution is 6.29. The molecule has 0 amide bonds. The quantitative estimate of drug-likeness (QED) is 0.565. The molecule has 1 aromatic rings. The lowest BCUT2D eigenvalue weighted by Crippen LogP contribution is -2.11. The Labute approximate surface area is 94.9 Å². The van der Waals surface area contributed by atoms with E-state index in [0.717, 1.165) is 25.0 Å². The van der Waals surface area contributed by atoms with Crippen LogP contribution in [0.3, 0.4) is 0 Å². The average Bonchev–Trinajstić information content (AvgIpc) is 2.30. The molecule has 0 fully saturated rings. The second kappa shape index (κ2) is 4.77. The molecule has 1 aromatic heterocycles. The summed E-state index contributed by atoms with van der Waals surface area (Å²) in [4.78, 5) is 4.06. The van der Waals surface area contributed by atoms with Gasteiger partial charge in [0.1, 0.15) is 5.15 Å². The average molecular weight is 224 g/mol. The zero-order valence-corrected chi connectivity index (χ0v) is 9.50. The maximum atomic E-state index is 5.76. The van der Waals surface area contributed by atoms with Gasteiger partial charge in [0, 0.05) is 6.20 Å². The third kappa shape index (κ3) is 2.58. The van der Waals surface area contributed by atoms with Crippen LogP contribution in [0.25, 0.3) is 0 Å². The van der Waals surface area contributed by atoms with Gasteiger partial charge in [0.2, 0.25) is 0 Å². The minimum absolute atomic E-state index is 0.144. The third-order valence-corrected chi connectivity index (χ3v) is 2.89. The lowest BCUT2D eigenvalue weighted by atomic mass is 10.0. The number of hydrogen-bond donors (Lipinski definition) is 0. The Balaban J connectivity index is 2.07. The van der Waals surface area contributed by atoms with E-state index in [-0.39, 0.29) is 6.10 Å². The van der Waals surface area contributed by atoms with Gasteiger partial charge in [-0.15, -0.1) is 0 Å². The third-order valence-electron chi connectivity index (χ3n) is 2.67. The predicted octanol–water partition coefficient (Wildman–Crippen LogP) is 3.53. The van der Waals surface area contributed by atoms with Crippen molar-refractivity contribution in [1.29, 1.82) is 0 Å². The van der Waals surface area contributed by atoms with E-state index in [1.54, 1.807) is 12.3 Å². The van der Waals surface area contributed by atoms with Crippen molar-refractivity contribution in [2.24, 2.45) is 0 Å². The van der Waals surface area contributed by atoms with Crippen LogP contribution in [0.15, 0.2) is 30.0 Å². The summed E-state index contributed by atoms with van der Waals surface area (Å²) in [5, 5.41) is 0.527. The fraction of sp³-hybridized carbons (Fsp3) is 0.417. The van der Waals surface area contributed by atoms with Gasteiger partial charge in [-0.1, -0.05) is 30.7 Å². The van der Waals surface area contributed by atoms with Gasteiger partial charge in [-0.2, -0.15) is 0 Å². The molecule has 0 saturated carbocycles. The molecule has 2 heterocycles. The summed E-state index contributed by atoms with van der Waals surface area (Å²) in [5.41, 5.74) is 2.49. The van der Waals surface area contributed by atoms with Crippen molar-refractivity contribution in [3.8, 4) is 0 Å². The highest BCUT2D eigenvalue weighted by Crippen LogP contribution is 2.27. The minimum Gasteiger partial charge on any atom is -0.369 e. The van der Waals surface area contributed by atoms with E-state index < -0.39 is 0 Å². The van der Waals surface area contributed by atoms with Crippen molar-refractivity contribution in [3.63, 3.8) is 0 Å². The number of halogens is 1. The second-order valence-electron chi connectivity index (χ2n) is 3.67. The first-order valence-corrected chi connectivity index (χ1v) is 5.58. The molecule has 2 nitrogen and oxygen atoms in total. The molecule has 3 heteroatoms. The number of rotatable bonds is 2. The molecular formula is C12H14ClNO. The van der Waals surface area contributed by atoms with E-state index >= 15 is 0 Å². The van der Waals surface area contributed by atoms with E-state index in [1.807, 2.05) is 6.07 Å². The van der Waals surface area contributed by atoms with E-state index in [1.165, 1.54) is 5.57 Å². The Morgan fingerprint density at radius 1 is 1.53 bits per heavy atom. The van der Waals surface area contributed by atoms with Gasteiger partial charge < -0.3 is 4.74 Å². The fourth-order valence-corrected chi connectivity index (χ4v) is 1.78.